The van der Waals surface area contributed by atoms with Crippen LogP contribution in [0.3, 0.4) is 0 Å². The maximum absolute atomic E-state index is 12.9. The molecule has 0 aliphatic carbocycles. The summed E-state index contributed by atoms with van der Waals surface area (Å²) in [6, 6.07) is 9.16. The van der Waals surface area contributed by atoms with Crippen LogP contribution < -0.4 is 9.47 Å². The molecule has 0 aromatic heterocycles. The average molecular weight is 653 g/mol. The first-order chi connectivity index (χ1) is 22.0. The Morgan fingerprint density at radius 2 is 1.59 bits per heavy atom. The van der Waals surface area contributed by atoms with Crippen molar-refractivity contribution >= 4 is 12.0 Å². The van der Waals surface area contributed by atoms with Gasteiger partial charge in [-0.25, -0.2) is 4.79 Å². The number of aliphatic hydroxyl groups excluding tert-OH is 5. The number of rotatable bonds is 12. The molecule has 0 spiro atoms. The van der Waals surface area contributed by atoms with Crippen LogP contribution in [0, 0.1) is 0 Å². The lowest BCUT2D eigenvalue weighted by molar-refractivity contribution is -0.357. The van der Waals surface area contributed by atoms with Gasteiger partial charge in [-0.05, 0) is 54.8 Å². The van der Waals surface area contributed by atoms with Crippen LogP contribution >= 0.6 is 0 Å². The summed E-state index contributed by atoms with van der Waals surface area (Å²) < 4.78 is 38.6. The Labute approximate surface area is 264 Å². The molecule has 0 saturated carbocycles. The quantitative estimate of drug-likeness (QED) is 0.114. The van der Waals surface area contributed by atoms with Gasteiger partial charge in [0, 0.05) is 6.08 Å². The van der Waals surface area contributed by atoms with E-state index in [4.69, 9.17) is 33.2 Å². The van der Waals surface area contributed by atoms with E-state index in [0.29, 0.717) is 16.9 Å². The van der Waals surface area contributed by atoms with E-state index in [1.807, 2.05) is 0 Å². The minimum absolute atomic E-state index is 0.0217. The highest BCUT2D eigenvalue weighted by atomic mass is 16.7. The normalized spacial score (nSPS) is 31.5. The fourth-order valence-electron chi connectivity index (χ4n) is 5.08. The number of methoxy groups -OCH3 is 2. The van der Waals surface area contributed by atoms with Crippen LogP contribution in [-0.4, -0.2) is 131 Å². The van der Waals surface area contributed by atoms with Gasteiger partial charge in [0.1, 0.15) is 36.6 Å². The smallest absolute Gasteiger partial charge is 0.331 e. The molecular formula is C31H40O15. The Morgan fingerprint density at radius 3 is 2.26 bits per heavy atom. The highest BCUT2D eigenvalue weighted by molar-refractivity contribution is 5.87. The lowest BCUT2D eigenvalue weighted by Crippen LogP contribution is -2.65. The number of carbonyl (C=O) groups is 1. The lowest BCUT2D eigenvalue weighted by Gasteiger charge is -2.46. The Bertz CT molecular complexity index is 1340. The molecule has 2 aromatic carbocycles. The number of phenols is 2. The standard InChI is InChI=1S/C31H40O15/c1-15-24(36)25(37)26(38)31(43-15)46-29-27(39)30(42-11-10-17-5-8-20(40-2)19(34)12-17)44-22(14-32)28(29)45-23(35)9-6-16-4-7-18(33)21(13-16)41-3/h4-9,12-13,15,22,24-34,36-39H,10-11,14H2,1-3H3/b9-6+/t15-,22?,24-,25+,26+,27?,28?,29?,30?,31+/m0/s1. The molecule has 0 amide bonds. The molecule has 254 valence electrons. The summed E-state index contributed by atoms with van der Waals surface area (Å²) in [6.45, 7) is 0.712. The largest absolute Gasteiger partial charge is 0.504 e. The first-order valence-electron chi connectivity index (χ1n) is 14.5. The van der Waals surface area contributed by atoms with Gasteiger partial charge in [-0.3, -0.25) is 0 Å². The third-order valence-electron chi connectivity index (χ3n) is 7.68. The lowest BCUT2D eigenvalue weighted by atomic mass is 9.97. The second kappa shape index (κ2) is 15.9. The van der Waals surface area contributed by atoms with Crippen molar-refractivity contribution in [2.45, 2.75) is 74.8 Å². The molecule has 0 radical (unpaired) electrons. The number of ether oxygens (including phenoxy) is 7. The fourth-order valence-corrected chi connectivity index (χ4v) is 5.08. The van der Waals surface area contributed by atoms with E-state index in [0.717, 1.165) is 6.08 Å². The molecule has 2 aromatic rings. The number of aromatic hydroxyl groups is 2. The Balaban J connectivity index is 1.52. The Hall–Kier alpha value is -3.51. The monoisotopic (exact) mass is 652 g/mol. The molecule has 2 heterocycles. The maximum atomic E-state index is 12.9. The van der Waals surface area contributed by atoms with Crippen molar-refractivity contribution in [3.63, 3.8) is 0 Å². The van der Waals surface area contributed by atoms with Crippen LogP contribution in [-0.2, 0) is 34.9 Å². The molecule has 10 atom stereocenters. The van der Waals surface area contributed by atoms with E-state index in [1.54, 1.807) is 12.1 Å². The summed E-state index contributed by atoms with van der Waals surface area (Å²) in [5.74, 6) is -0.625. The van der Waals surface area contributed by atoms with Gasteiger partial charge in [0.15, 0.2) is 41.7 Å². The van der Waals surface area contributed by atoms with E-state index >= 15 is 0 Å². The van der Waals surface area contributed by atoms with Gasteiger partial charge in [0.2, 0.25) is 0 Å². The highest BCUT2D eigenvalue weighted by Gasteiger charge is 2.52. The molecule has 2 aliphatic rings. The number of hydrogen-bond donors (Lipinski definition) is 7. The Morgan fingerprint density at radius 1 is 0.848 bits per heavy atom. The van der Waals surface area contributed by atoms with E-state index in [2.05, 4.69) is 0 Å². The minimum Gasteiger partial charge on any atom is -0.504 e. The van der Waals surface area contributed by atoms with Crippen molar-refractivity contribution in [1.29, 1.82) is 0 Å². The summed E-state index contributed by atoms with van der Waals surface area (Å²) >= 11 is 0. The van der Waals surface area contributed by atoms with Crippen LogP contribution in [0.4, 0.5) is 0 Å². The zero-order valence-corrected chi connectivity index (χ0v) is 25.4. The molecule has 46 heavy (non-hydrogen) atoms. The predicted octanol–water partition coefficient (Wildman–Crippen LogP) is -0.410. The number of carbonyl (C=O) groups excluding carboxylic acids is 1. The second-order valence-electron chi connectivity index (χ2n) is 10.8. The van der Waals surface area contributed by atoms with Crippen LogP contribution in [0.1, 0.15) is 18.1 Å². The molecule has 2 fully saturated rings. The summed E-state index contributed by atoms with van der Waals surface area (Å²) in [7, 11) is 2.79. The van der Waals surface area contributed by atoms with Crippen molar-refractivity contribution < 1.29 is 73.7 Å². The van der Waals surface area contributed by atoms with Gasteiger partial charge in [-0.1, -0.05) is 12.1 Å². The molecule has 2 saturated heterocycles. The predicted molar refractivity (Wildman–Crippen MR) is 157 cm³/mol. The highest BCUT2D eigenvalue weighted by Crippen LogP contribution is 2.32. The zero-order valence-electron chi connectivity index (χ0n) is 25.4. The van der Waals surface area contributed by atoms with Crippen molar-refractivity contribution in [3.8, 4) is 23.0 Å². The van der Waals surface area contributed by atoms with Gasteiger partial charge >= 0.3 is 5.97 Å². The van der Waals surface area contributed by atoms with Gasteiger partial charge in [0.25, 0.3) is 0 Å². The first-order valence-corrected chi connectivity index (χ1v) is 14.5. The topological polar surface area (TPSA) is 223 Å². The summed E-state index contributed by atoms with van der Waals surface area (Å²) in [5.41, 5.74) is 1.16. The fraction of sp³-hybridized carbons (Fsp3) is 0.516. The van der Waals surface area contributed by atoms with Crippen LogP contribution in [0.2, 0.25) is 0 Å². The number of benzene rings is 2. The SMILES string of the molecule is COc1ccc(CCOC2OC(CO)C(OC(=O)/C=C/c3ccc(O)c(OC)c3)C(O[C@H]3O[C@@H](C)[C@H](O)[C@@H](O)[C@H]3O)C2O)cc1O. The maximum Gasteiger partial charge on any atom is 0.331 e. The summed E-state index contributed by atoms with van der Waals surface area (Å²) in [6.07, 6.45) is -12.1. The average Bonchev–Trinajstić information content (AvgIpc) is 3.04. The third-order valence-corrected chi connectivity index (χ3v) is 7.68. The van der Waals surface area contributed by atoms with E-state index in [1.165, 1.54) is 51.5 Å². The van der Waals surface area contributed by atoms with Crippen LogP contribution in [0.25, 0.3) is 6.08 Å². The van der Waals surface area contributed by atoms with Gasteiger partial charge in [0.05, 0.1) is 33.5 Å². The van der Waals surface area contributed by atoms with Crippen LogP contribution in [0.5, 0.6) is 23.0 Å². The summed E-state index contributed by atoms with van der Waals surface area (Å²) in [4.78, 5) is 12.9. The van der Waals surface area contributed by atoms with Gasteiger partial charge in [-0.2, -0.15) is 0 Å². The Kier molecular flexibility index (Phi) is 12.2. The molecular weight excluding hydrogens is 612 g/mol. The van der Waals surface area contributed by atoms with E-state index in [-0.39, 0.29) is 30.3 Å². The second-order valence-corrected chi connectivity index (χ2v) is 10.8. The molecule has 2 aliphatic heterocycles. The third kappa shape index (κ3) is 8.25. The molecule has 0 bridgehead atoms. The summed E-state index contributed by atoms with van der Waals surface area (Å²) in [5, 5.41) is 72.3. The van der Waals surface area contributed by atoms with Crippen molar-refractivity contribution in [2.24, 2.45) is 0 Å². The van der Waals surface area contributed by atoms with E-state index < -0.39 is 74.0 Å². The molecule has 7 N–H and O–H groups in total. The number of hydrogen-bond acceptors (Lipinski definition) is 15. The minimum atomic E-state index is -1.75. The van der Waals surface area contributed by atoms with Crippen molar-refractivity contribution in [2.75, 3.05) is 27.4 Å². The van der Waals surface area contributed by atoms with Crippen LogP contribution in [0.15, 0.2) is 42.5 Å². The molecule has 15 nitrogen and oxygen atoms in total. The van der Waals surface area contributed by atoms with E-state index in [9.17, 15) is 40.5 Å². The van der Waals surface area contributed by atoms with Crippen molar-refractivity contribution in [3.05, 3.63) is 53.6 Å². The molecule has 5 unspecified atom stereocenters. The molecule has 15 heteroatoms. The van der Waals surface area contributed by atoms with Crippen molar-refractivity contribution in [1.82, 2.24) is 0 Å². The number of phenolic OH excluding ortho intramolecular Hbond substituents is 2. The molecule has 4 rings (SSSR count). The zero-order chi connectivity index (χ0) is 33.5. The van der Waals surface area contributed by atoms with Gasteiger partial charge < -0.3 is 68.9 Å². The van der Waals surface area contributed by atoms with Gasteiger partial charge in [-0.15, -0.1) is 0 Å². The first kappa shape index (κ1) is 35.3. The number of aliphatic hydroxyl groups is 5. The number of esters is 1.